The molecule has 0 bridgehead atoms. The van der Waals surface area contributed by atoms with Gasteiger partial charge in [0.1, 0.15) is 16.9 Å². The standard InChI is InChI=1S/C16H14F2N2OS/c1-16(21,14-3-2-6-22-14)9-20-13-4-5-19-15-11(13)7-10(17)8-12(15)18/h2-8,21H,9H2,1H3,(H,19,20). The van der Waals surface area contributed by atoms with Crippen molar-refractivity contribution in [1.82, 2.24) is 4.98 Å². The predicted octanol–water partition coefficient (Wildman–Crippen LogP) is 3.89. The van der Waals surface area contributed by atoms with Gasteiger partial charge in [-0.2, -0.15) is 0 Å². The lowest BCUT2D eigenvalue weighted by Gasteiger charge is -2.23. The molecule has 0 saturated heterocycles. The Morgan fingerprint density at radius 2 is 2.14 bits per heavy atom. The Morgan fingerprint density at radius 3 is 2.86 bits per heavy atom. The number of benzene rings is 1. The molecule has 3 nitrogen and oxygen atoms in total. The molecule has 0 saturated carbocycles. The van der Waals surface area contributed by atoms with Crippen molar-refractivity contribution in [2.75, 3.05) is 11.9 Å². The van der Waals surface area contributed by atoms with Gasteiger partial charge >= 0.3 is 0 Å². The third-order valence-electron chi connectivity index (χ3n) is 3.44. The van der Waals surface area contributed by atoms with Crippen LogP contribution in [0.15, 0.2) is 41.9 Å². The summed E-state index contributed by atoms with van der Waals surface area (Å²) in [6, 6.07) is 7.37. The molecule has 0 radical (unpaired) electrons. The number of nitrogens with one attached hydrogen (secondary N) is 1. The maximum Gasteiger partial charge on any atom is 0.152 e. The summed E-state index contributed by atoms with van der Waals surface area (Å²) in [4.78, 5) is 4.75. The minimum Gasteiger partial charge on any atom is -0.383 e. The number of thiophene rings is 1. The van der Waals surface area contributed by atoms with E-state index >= 15 is 0 Å². The number of halogens is 2. The Bertz CT molecular complexity index is 803. The van der Waals surface area contributed by atoms with Crippen LogP contribution in [-0.4, -0.2) is 16.6 Å². The topological polar surface area (TPSA) is 45.1 Å². The van der Waals surface area contributed by atoms with E-state index < -0.39 is 17.2 Å². The quantitative estimate of drug-likeness (QED) is 0.766. The number of hydrogen-bond acceptors (Lipinski definition) is 4. The molecule has 6 heteroatoms. The van der Waals surface area contributed by atoms with E-state index in [2.05, 4.69) is 10.3 Å². The fourth-order valence-corrected chi connectivity index (χ4v) is 3.06. The van der Waals surface area contributed by atoms with E-state index in [0.29, 0.717) is 11.1 Å². The van der Waals surface area contributed by atoms with Crippen molar-refractivity contribution >= 4 is 27.9 Å². The van der Waals surface area contributed by atoms with E-state index in [4.69, 9.17) is 0 Å². The van der Waals surface area contributed by atoms with Gasteiger partial charge in [0.2, 0.25) is 0 Å². The largest absolute Gasteiger partial charge is 0.383 e. The van der Waals surface area contributed by atoms with Crippen LogP contribution in [0.3, 0.4) is 0 Å². The molecule has 1 aromatic carbocycles. The number of hydrogen-bond donors (Lipinski definition) is 2. The fourth-order valence-electron chi connectivity index (χ4n) is 2.27. The van der Waals surface area contributed by atoms with Gasteiger partial charge in [-0.05, 0) is 30.5 Å². The summed E-state index contributed by atoms with van der Waals surface area (Å²) < 4.78 is 27.2. The van der Waals surface area contributed by atoms with Gasteiger partial charge in [0.25, 0.3) is 0 Å². The van der Waals surface area contributed by atoms with Gasteiger partial charge < -0.3 is 10.4 Å². The Labute approximate surface area is 130 Å². The second-order valence-corrected chi connectivity index (χ2v) is 6.19. The number of fused-ring (bicyclic) bond motifs is 1. The lowest BCUT2D eigenvalue weighted by molar-refractivity contribution is 0.0755. The molecule has 0 aliphatic rings. The minimum absolute atomic E-state index is 0.0992. The van der Waals surface area contributed by atoms with Crippen molar-refractivity contribution < 1.29 is 13.9 Å². The zero-order valence-electron chi connectivity index (χ0n) is 11.8. The van der Waals surface area contributed by atoms with E-state index in [-0.39, 0.29) is 12.1 Å². The Kier molecular flexibility index (Phi) is 3.80. The molecule has 2 heterocycles. The summed E-state index contributed by atoms with van der Waals surface area (Å²) in [7, 11) is 0. The lowest BCUT2D eigenvalue weighted by Crippen LogP contribution is -2.29. The summed E-state index contributed by atoms with van der Waals surface area (Å²) in [5.74, 6) is -1.37. The first-order chi connectivity index (χ1) is 10.5. The van der Waals surface area contributed by atoms with Crippen LogP contribution in [0.1, 0.15) is 11.8 Å². The first-order valence-corrected chi connectivity index (χ1v) is 7.59. The monoisotopic (exact) mass is 320 g/mol. The molecule has 0 aliphatic carbocycles. The van der Waals surface area contributed by atoms with Gasteiger partial charge in [-0.15, -0.1) is 11.3 Å². The van der Waals surface area contributed by atoms with Gasteiger partial charge in [0, 0.05) is 34.8 Å². The lowest BCUT2D eigenvalue weighted by atomic mass is 10.0. The highest BCUT2D eigenvalue weighted by Crippen LogP contribution is 2.28. The van der Waals surface area contributed by atoms with Crippen molar-refractivity contribution in [2.24, 2.45) is 0 Å². The van der Waals surface area contributed by atoms with Crippen molar-refractivity contribution in [3.05, 3.63) is 58.4 Å². The number of nitrogens with zero attached hydrogens (tertiary/aromatic N) is 1. The summed E-state index contributed by atoms with van der Waals surface area (Å²) in [5.41, 5.74) is -0.447. The summed E-state index contributed by atoms with van der Waals surface area (Å²) >= 11 is 1.45. The molecule has 3 aromatic rings. The molecule has 0 spiro atoms. The molecule has 2 aromatic heterocycles. The van der Waals surface area contributed by atoms with Crippen molar-refractivity contribution in [2.45, 2.75) is 12.5 Å². The Balaban J connectivity index is 1.91. The first-order valence-electron chi connectivity index (χ1n) is 6.71. The molecule has 2 N–H and O–H groups in total. The Hall–Kier alpha value is -2.05. The first kappa shape index (κ1) is 14.9. The highest BCUT2D eigenvalue weighted by molar-refractivity contribution is 7.10. The van der Waals surface area contributed by atoms with Crippen LogP contribution in [-0.2, 0) is 5.60 Å². The predicted molar refractivity (Wildman–Crippen MR) is 84.0 cm³/mol. The second kappa shape index (κ2) is 5.62. The van der Waals surface area contributed by atoms with Gasteiger partial charge in [0.15, 0.2) is 5.82 Å². The zero-order valence-corrected chi connectivity index (χ0v) is 12.6. The molecule has 3 rings (SSSR count). The van der Waals surface area contributed by atoms with E-state index in [0.717, 1.165) is 10.9 Å². The van der Waals surface area contributed by atoms with Crippen LogP contribution in [0.25, 0.3) is 10.9 Å². The minimum atomic E-state index is -1.07. The van der Waals surface area contributed by atoms with E-state index in [1.807, 2.05) is 17.5 Å². The molecule has 0 aliphatic heterocycles. The summed E-state index contributed by atoms with van der Waals surface area (Å²) in [6.07, 6.45) is 1.45. The highest BCUT2D eigenvalue weighted by atomic mass is 32.1. The van der Waals surface area contributed by atoms with Crippen LogP contribution in [0.2, 0.25) is 0 Å². The molecular weight excluding hydrogens is 306 g/mol. The van der Waals surface area contributed by atoms with Crippen molar-refractivity contribution in [1.29, 1.82) is 0 Å². The average molecular weight is 320 g/mol. The molecule has 0 amide bonds. The highest BCUT2D eigenvalue weighted by Gasteiger charge is 2.24. The van der Waals surface area contributed by atoms with Crippen molar-refractivity contribution in [3.63, 3.8) is 0 Å². The molecule has 22 heavy (non-hydrogen) atoms. The number of aromatic nitrogens is 1. The van der Waals surface area contributed by atoms with Gasteiger partial charge in [0.05, 0.1) is 0 Å². The Morgan fingerprint density at radius 1 is 1.32 bits per heavy atom. The second-order valence-electron chi connectivity index (χ2n) is 5.25. The molecule has 1 unspecified atom stereocenters. The number of anilines is 1. The molecular formula is C16H14F2N2OS. The van der Waals surface area contributed by atoms with E-state index in [9.17, 15) is 13.9 Å². The van der Waals surface area contributed by atoms with Crippen LogP contribution in [0.4, 0.5) is 14.5 Å². The average Bonchev–Trinajstić information content (AvgIpc) is 3.00. The van der Waals surface area contributed by atoms with Crippen LogP contribution in [0, 0.1) is 11.6 Å². The third-order valence-corrected chi connectivity index (χ3v) is 4.56. The van der Waals surface area contributed by atoms with Crippen LogP contribution >= 0.6 is 11.3 Å². The van der Waals surface area contributed by atoms with Crippen LogP contribution < -0.4 is 5.32 Å². The van der Waals surface area contributed by atoms with Gasteiger partial charge in [-0.25, -0.2) is 8.78 Å². The molecule has 1 atom stereocenters. The smallest absolute Gasteiger partial charge is 0.152 e. The van der Waals surface area contributed by atoms with E-state index in [1.165, 1.54) is 23.6 Å². The maximum atomic E-state index is 13.7. The van der Waals surface area contributed by atoms with E-state index in [1.54, 1.807) is 13.0 Å². The third kappa shape index (κ3) is 2.80. The zero-order chi connectivity index (χ0) is 15.7. The molecule has 0 fully saturated rings. The normalized spacial score (nSPS) is 14.0. The summed E-state index contributed by atoms with van der Waals surface area (Å²) in [5, 5.41) is 15.8. The summed E-state index contributed by atoms with van der Waals surface area (Å²) in [6.45, 7) is 1.90. The fraction of sp³-hybridized carbons (Fsp3) is 0.188. The van der Waals surface area contributed by atoms with Gasteiger partial charge in [-0.3, -0.25) is 4.98 Å². The van der Waals surface area contributed by atoms with Crippen LogP contribution in [0.5, 0.6) is 0 Å². The molecule has 114 valence electrons. The SMILES string of the molecule is CC(O)(CNc1ccnc2c(F)cc(F)cc12)c1cccs1. The maximum absolute atomic E-state index is 13.7. The number of aliphatic hydroxyl groups is 1. The van der Waals surface area contributed by atoms with Gasteiger partial charge in [-0.1, -0.05) is 6.07 Å². The number of rotatable bonds is 4. The van der Waals surface area contributed by atoms with Crippen molar-refractivity contribution in [3.8, 4) is 0 Å². The number of pyridine rings is 1.